The maximum atomic E-state index is 11.7. The van der Waals surface area contributed by atoms with Crippen molar-refractivity contribution >= 4 is 5.97 Å². The van der Waals surface area contributed by atoms with E-state index in [4.69, 9.17) is 9.47 Å². The lowest BCUT2D eigenvalue weighted by molar-refractivity contribution is -0.150. The zero-order chi connectivity index (χ0) is 12.7. The first-order chi connectivity index (χ1) is 8.24. The molecule has 0 aromatic heterocycles. The molecule has 0 N–H and O–H groups in total. The van der Waals surface area contributed by atoms with Crippen LogP contribution in [-0.2, 0) is 14.3 Å². The second kappa shape index (κ2) is 6.86. The van der Waals surface area contributed by atoms with E-state index in [1.807, 2.05) is 30.3 Å². The highest BCUT2D eigenvalue weighted by Gasteiger charge is 2.29. The number of allylic oxidation sites excluding steroid dienone is 1. The molecule has 0 saturated carbocycles. The Balaban J connectivity index is 2.96. The van der Waals surface area contributed by atoms with Crippen molar-refractivity contribution in [2.45, 2.75) is 12.5 Å². The van der Waals surface area contributed by atoms with Crippen LogP contribution in [0.1, 0.15) is 18.1 Å². The molecule has 0 fully saturated rings. The largest absolute Gasteiger partial charge is 0.469 e. The first-order valence-electron chi connectivity index (χ1n) is 5.51. The molecule has 17 heavy (non-hydrogen) atoms. The number of ether oxygens (including phenoxy) is 2. The van der Waals surface area contributed by atoms with Crippen molar-refractivity contribution in [2.75, 3.05) is 14.2 Å². The van der Waals surface area contributed by atoms with Crippen LogP contribution in [-0.4, -0.2) is 20.2 Å². The van der Waals surface area contributed by atoms with Gasteiger partial charge < -0.3 is 9.47 Å². The van der Waals surface area contributed by atoms with Crippen LogP contribution < -0.4 is 0 Å². The summed E-state index contributed by atoms with van der Waals surface area (Å²) in [5.41, 5.74) is 0.965. The minimum atomic E-state index is -0.357. The molecule has 0 aliphatic heterocycles. The number of benzene rings is 1. The number of carbonyl (C=O) groups is 1. The molecule has 0 amide bonds. The predicted molar refractivity (Wildman–Crippen MR) is 66.5 cm³/mol. The third kappa shape index (κ3) is 3.43. The van der Waals surface area contributed by atoms with Gasteiger partial charge >= 0.3 is 5.97 Å². The van der Waals surface area contributed by atoms with E-state index in [-0.39, 0.29) is 18.0 Å². The summed E-state index contributed by atoms with van der Waals surface area (Å²) < 4.78 is 10.2. The van der Waals surface area contributed by atoms with E-state index in [1.54, 1.807) is 13.2 Å². The minimum Gasteiger partial charge on any atom is -0.469 e. The van der Waals surface area contributed by atoms with E-state index >= 15 is 0 Å². The summed E-state index contributed by atoms with van der Waals surface area (Å²) in [6.45, 7) is 3.66. The Kier molecular flexibility index (Phi) is 5.43. The van der Waals surface area contributed by atoms with Gasteiger partial charge in [0.1, 0.15) is 0 Å². The predicted octanol–water partition coefficient (Wildman–Crippen LogP) is 2.74. The maximum absolute atomic E-state index is 11.7. The first-order valence-corrected chi connectivity index (χ1v) is 5.51. The molecule has 0 bridgehead atoms. The van der Waals surface area contributed by atoms with Crippen LogP contribution in [0, 0.1) is 5.92 Å². The van der Waals surface area contributed by atoms with E-state index in [0.29, 0.717) is 6.42 Å². The highest BCUT2D eigenvalue weighted by molar-refractivity contribution is 5.73. The average Bonchev–Trinajstić information content (AvgIpc) is 2.39. The Labute approximate surface area is 102 Å². The van der Waals surface area contributed by atoms with Gasteiger partial charge in [0.2, 0.25) is 0 Å². The molecule has 0 heterocycles. The summed E-state index contributed by atoms with van der Waals surface area (Å²) >= 11 is 0. The fourth-order valence-corrected chi connectivity index (χ4v) is 1.85. The quantitative estimate of drug-likeness (QED) is 0.561. The minimum absolute atomic E-state index is 0.277. The fraction of sp³-hybridized carbons (Fsp3) is 0.357. The Morgan fingerprint density at radius 2 is 2.00 bits per heavy atom. The van der Waals surface area contributed by atoms with Crippen molar-refractivity contribution in [2.24, 2.45) is 5.92 Å². The van der Waals surface area contributed by atoms with E-state index < -0.39 is 0 Å². The van der Waals surface area contributed by atoms with Gasteiger partial charge in [0.05, 0.1) is 19.1 Å². The SMILES string of the molecule is C=CC[C@@H](C(=O)OC)[C@@H](OC)c1ccccc1. The van der Waals surface area contributed by atoms with Crippen molar-refractivity contribution < 1.29 is 14.3 Å². The summed E-state index contributed by atoms with van der Waals surface area (Å²) in [6, 6.07) is 9.64. The van der Waals surface area contributed by atoms with Crippen molar-refractivity contribution in [3.8, 4) is 0 Å². The highest BCUT2D eigenvalue weighted by Crippen LogP contribution is 2.29. The van der Waals surface area contributed by atoms with Gasteiger partial charge in [-0.15, -0.1) is 6.58 Å². The normalized spacial score (nSPS) is 13.8. The van der Waals surface area contributed by atoms with E-state index in [9.17, 15) is 4.79 Å². The van der Waals surface area contributed by atoms with Crippen molar-refractivity contribution in [3.63, 3.8) is 0 Å². The summed E-state index contributed by atoms with van der Waals surface area (Å²) in [5.74, 6) is -0.634. The molecule has 92 valence electrons. The van der Waals surface area contributed by atoms with E-state index in [2.05, 4.69) is 6.58 Å². The topological polar surface area (TPSA) is 35.5 Å². The van der Waals surface area contributed by atoms with Gasteiger partial charge in [-0.2, -0.15) is 0 Å². The van der Waals surface area contributed by atoms with Crippen LogP contribution in [0.25, 0.3) is 0 Å². The standard InChI is InChI=1S/C14H18O3/c1-4-8-12(14(15)17-3)13(16-2)11-9-6-5-7-10-11/h4-7,9-10,12-13H,1,8H2,2-3H3/t12-,13+/m1/s1. The monoisotopic (exact) mass is 234 g/mol. The van der Waals surface area contributed by atoms with E-state index in [1.165, 1.54) is 7.11 Å². The van der Waals surface area contributed by atoms with Crippen LogP contribution in [0.15, 0.2) is 43.0 Å². The molecule has 1 rings (SSSR count). The van der Waals surface area contributed by atoms with Crippen molar-refractivity contribution in [3.05, 3.63) is 48.6 Å². The number of esters is 1. The average molecular weight is 234 g/mol. The molecule has 3 heteroatoms. The number of hydrogen-bond acceptors (Lipinski definition) is 3. The second-order valence-electron chi connectivity index (χ2n) is 3.72. The van der Waals surface area contributed by atoms with Gasteiger partial charge in [0.15, 0.2) is 0 Å². The summed E-state index contributed by atoms with van der Waals surface area (Å²) in [6.07, 6.45) is 1.93. The van der Waals surface area contributed by atoms with Gasteiger partial charge in [-0.1, -0.05) is 36.4 Å². The second-order valence-corrected chi connectivity index (χ2v) is 3.72. The Hall–Kier alpha value is -1.61. The van der Waals surface area contributed by atoms with Crippen molar-refractivity contribution in [1.82, 2.24) is 0 Å². The Morgan fingerprint density at radius 1 is 1.35 bits per heavy atom. The molecule has 3 nitrogen and oxygen atoms in total. The molecular weight excluding hydrogens is 216 g/mol. The number of hydrogen-bond donors (Lipinski definition) is 0. The van der Waals surface area contributed by atoms with Crippen LogP contribution in [0.4, 0.5) is 0 Å². The lowest BCUT2D eigenvalue weighted by Gasteiger charge is -2.23. The summed E-state index contributed by atoms with van der Waals surface area (Å²) in [7, 11) is 2.98. The third-order valence-electron chi connectivity index (χ3n) is 2.67. The Morgan fingerprint density at radius 3 is 2.47 bits per heavy atom. The zero-order valence-electron chi connectivity index (χ0n) is 10.3. The van der Waals surface area contributed by atoms with Gasteiger partial charge in [-0.25, -0.2) is 0 Å². The number of carbonyl (C=O) groups excluding carboxylic acids is 1. The molecule has 1 aromatic rings. The van der Waals surface area contributed by atoms with E-state index in [0.717, 1.165) is 5.56 Å². The first kappa shape index (κ1) is 13.5. The van der Waals surface area contributed by atoms with Crippen LogP contribution >= 0.6 is 0 Å². The molecule has 0 spiro atoms. The number of methoxy groups -OCH3 is 2. The molecular formula is C14H18O3. The smallest absolute Gasteiger partial charge is 0.311 e. The molecule has 0 saturated heterocycles. The lowest BCUT2D eigenvalue weighted by Crippen LogP contribution is -2.24. The van der Waals surface area contributed by atoms with Crippen molar-refractivity contribution in [1.29, 1.82) is 0 Å². The summed E-state index contributed by atoms with van der Waals surface area (Å²) in [5, 5.41) is 0. The summed E-state index contributed by atoms with van der Waals surface area (Å²) in [4.78, 5) is 11.7. The molecule has 2 atom stereocenters. The van der Waals surface area contributed by atoms with Crippen LogP contribution in [0.2, 0.25) is 0 Å². The van der Waals surface area contributed by atoms with Gasteiger partial charge in [0, 0.05) is 7.11 Å². The molecule has 0 radical (unpaired) electrons. The molecule has 0 aliphatic rings. The molecule has 1 aromatic carbocycles. The highest BCUT2D eigenvalue weighted by atomic mass is 16.5. The fourth-order valence-electron chi connectivity index (χ4n) is 1.85. The third-order valence-corrected chi connectivity index (χ3v) is 2.67. The maximum Gasteiger partial charge on any atom is 0.311 e. The molecule has 0 unspecified atom stereocenters. The van der Waals surface area contributed by atoms with Crippen LogP contribution in [0.3, 0.4) is 0 Å². The lowest BCUT2D eigenvalue weighted by atomic mass is 9.92. The van der Waals surface area contributed by atoms with Gasteiger partial charge in [0.25, 0.3) is 0 Å². The number of rotatable bonds is 6. The van der Waals surface area contributed by atoms with Gasteiger partial charge in [-0.05, 0) is 12.0 Å². The van der Waals surface area contributed by atoms with Crippen LogP contribution in [0.5, 0.6) is 0 Å². The van der Waals surface area contributed by atoms with Gasteiger partial charge in [-0.3, -0.25) is 4.79 Å². The Bertz CT molecular complexity index is 359. The zero-order valence-corrected chi connectivity index (χ0v) is 10.3. The molecule has 0 aliphatic carbocycles.